The van der Waals surface area contributed by atoms with Gasteiger partial charge in [-0.05, 0) is 91.1 Å². The molecule has 4 aromatic carbocycles. The maximum absolute atomic E-state index is 6.03. The van der Waals surface area contributed by atoms with E-state index in [0.717, 1.165) is 29.4 Å². The van der Waals surface area contributed by atoms with E-state index in [0.29, 0.717) is 0 Å². The summed E-state index contributed by atoms with van der Waals surface area (Å²) in [4.78, 5) is 0. The predicted octanol–water partition coefficient (Wildman–Crippen LogP) is 7.48. The molecular formula is C27H24O2. The third-order valence-electron chi connectivity index (χ3n) is 4.66. The summed E-state index contributed by atoms with van der Waals surface area (Å²) >= 11 is 0. The van der Waals surface area contributed by atoms with Crippen LogP contribution in [0.2, 0.25) is 0 Å². The predicted molar refractivity (Wildman–Crippen MR) is 118 cm³/mol. The number of aryl methyl sites for hydroxylation is 2. The summed E-state index contributed by atoms with van der Waals surface area (Å²) in [5, 5.41) is 0. The number of hydrogen-bond acceptors (Lipinski definition) is 2. The van der Waals surface area contributed by atoms with Crippen LogP contribution in [0.25, 0.3) is 0 Å². The van der Waals surface area contributed by atoms with E-state index in [-0.39, 0.29) is 0 Å². The molecule has 0 radical (unpaired) electrons. The minimum atomic E-state index is 0.816. The SMILES string of the molecule is Cc1cccc(Oc2cccc(Cc3cccc(Oc4cccc(C)c4)c3)c2)c1. The lowest BCUT2D eigenvalue weighted by Gasteiger charge is -2.10. The minimum absolute atomic E-state index is 0.816. The Bertz CT molecular complexity index is 1030. The lowest BCUT2D eigenvalue weighted by atomic mass is 10.0. The van der Waals surface area contributed by atoms with Crippen molar-refractivity contribution in [3.8, 4) is 23.0 Å². The smallest absolute Gasteiger partial charge is 0.127 e. The Kier molecular flexibility index (Phi) is 5.62. The van der Waals surface area contributed by atoms with Crippen LogP contribution >= 0.6 is 0 Å². The van der Waals surface area contributed by atoms with E-state index in [2.05, 4.69) is 50.2 Å². The summed E-state index contributed by atoms with van der Waals surface area (Å²) in [6, 6.07) is 32.7. The van der Waals surface area contributed by atoms with E-state index in [9.17, 15) is 0 Å². The van der Waals surface area contributed by atoms with Crippen molar-refractivity contribution in [1.29, 1.82) is 0 Å². The van der Waals surface area contributed by atoms with Crippen LogP contribution in [0.15, 0.2) is 97.1 Å². The van der Waals surface area contributed by atoms with Crippen molar-refractivity contribution < 1.29 is 9.47 Å². The summed E-state index contributed by atoms with van der Waals surface area (Å²) in [6.45, 7) is 4.13. The fourth-order valence-corrected chi connectivity index (χ4v) is 3.30. The molecule has 0 aliphatic carbocycles. The van der Waals surface area contributed by atoms with Crippen molar-refractivity contribution >= 4 is 0 Å². The topological polar surface area (TPSA) is 18.5 Å². The average molecular weight is 380 g/mol. The van der Waals surface area contributed by atoms with E-state index >= 15 is 0 Å². The molecule has 4 rings (SSSR count). The van der Waals surface area contributed by atoms with Gasteiger partial charge in [0.1, 0.15) is 23.0 Å². The molecule has 0 aromatic heterocycles. The van der Waals surface area contributed by atoms with E-state index in [4.69, 9.17) is 9.47 Å². The van der Waals surface area contributed by atoms with Gasteiger partial charge in [0.25, 0.3) is 0 Å². The normalized spacial score (nSPS) is 10.6. The molecule has 0 atom stereocenters. The lowest BCUT2D eigenvalue weighted by molar-refractivity contribution is 0.481. The monoisotopic (exact) mass is 380 g/mol. The van der Waals surface area contributed by atoms with Gasteiger partial charge in [0.15, 0.2) is 0 Å². The summed E-state index contributed by atoms with van der Waals surface area (Å²) in [5.41, 5.74) is 4.76. The number of ether oxygens (including phenoxy) is 2. The van der Waals surface area contributed by atoms with Crippen molar-refractivity contribution in [3.05, 3.63) is 119 Å². The van der Waals surface area contributed by atoms with Crippen molar-refractivity contribution in [2.75, 3.05) is 0 Å². The average Bonchev–Trinajstić information content (AvgIpc) is 2.69. The van der Waals surface area contributed by atoms with Gasteiger partial charge in [0.2, 0.25) is 0 Å². The fourth-order valence-electron chi connectivity index (χ4n) is 3.30. The van der Waals surface area contributed by atoms with Crippen LogP contribution in [0.3, 0.4) is 0 Å². The van der Waals surface area contributed by atoms with Gasteiger partial charge in [-0.3, -0.25) is 0 Å². The first kappa shape index (κ1) is 18.8. The molecule has 0 spiro atoms. The molecule has 0 aliphatic rings. The molecule has 4 aromatic rings. The van der Waals surface area contributed by atoms with E-state index in [1.807, 2.05) is 60.7 Å². The Labute approximate surface area is 172 Å². The molecule has 0 aliphatic heterocycles. The highest BCUT2D eigenvalue weighted by Crippen LogP contribution is 2.26. The quantitative estimate of drug-likeness (QED) is 0.345. The van der Waals surface area contributed by atoms with Crippen molar-refractivity contribution in [3.63, 3.8) is 0 Å². The van der Waals surface area contributed by atoms with Crippen LogP contribution in [0.5, 0.6) is 23.0 Å². The Hall–Kier alpha value is -3.52. The molecular weight excluding hydrogens is 356 g/mol. The number of benzene rings is 4. The molecule has 144 valence electrons. The molecule has 0 unspecified atom stereocenters. The zero-order valence-electron chi connectivity index (χ0n) is 16.8. The zero-order valence-corrected chi connectivity index (χ0v) is 16.8. The summed E-state index contributed by atoms with van der Waals surface area (Å²) in [6.07, 6.45) is 0.816. The Balaban J connectivity index is 1.48. The number of rotatable bonds is 6. The van der Waals surface area contributed by atoms with E-state index in [1.165, 1.54) is 22.3 Å². The zero-order chi connectivity index (χ0) is 20.1. The van der Waals surface area contributed by atoms with E-state index < -0.39 is 0 Å². The van der Waals surface area contributed by atoms with Gasteiger partial charge < -0.3 is 9.47 Å². The van der Waals surface area contributed by atoms with Gasteiger partial charge in [-0.1, -0.05) is 48.5 Å². The summed E-state index contributed by atoms with van der Waals surface area (Å²) < 4.78 is 12.1. The molecule has 2 nitrogen and oxygen atoms in total. The second-order valence-corrected chi connectivity index (χ2v) is 7.31. The van der Waals surface area contributed by atoms with Crippen LogP contribution in [-0.4, -0.2) is 0 Å². The van der Waals surface area contributed by atoms with Gasteiger partial charge in [-0.15, -0.1) is 0 Å². The second-order valence-electron chi connectivity index (χ2n) is 7.31. The van der Waals surface area contributed by atoms with Crippen LogP contribution in [-0.2, 0) is 6.42 Å². The maximum atomic E-state index is 6.03. The van der Waals surface area contributed by atoms with Crippen molar-refractivity contribution in [2.24, 2.45) is 0 Å². The van der Waals surface area contributed by atoms with Gasteiger partial charge in [-0.2, -0.15) is 0 Å². The third-order valence-corrected chi connectivity index (χ3v) is 4.66. The third kappa shape index (κ3) is 5.26. The molecule has 0 fully saturated rings. The lowest BCUT2D eigenvalue weighted by Crippen LogP contribution is -1.92. The first-order chi connectivity index (χ1) is 14.1. The van der Waals surface area contributed by atoms with Gasteiger partial charge in [0, 0.05) is 0 Å². The maximum Gasteiger partial charge on any atom is 0.127 e. The fraction of sp³-hybridized carbons (Fsp3) is 0.111. The molecule has 0 saturated heterocycles. The van der Waals surface area contributed by atoms with Crippen LogP contribution in [0.1, 0.15) is 22.3 Å². The first-order valence-electron chi connectivity index (χ1n) is 9.81. The number of hydrogen-bond donors (Lipinski definition) is 0. The molecule has 0 amide bonds. The largest absolute Gasteiger partial charge is 0.457 e. The molecule has 2 heteroatoms. The molecule has 0 N–H and O–H groups in total. The Morgan fingerprint density at radius 1 is 0.483 bits per heavy atom. The Morgan fingerprint density at radius 3 is 1.28 bits per heavy atom. The highest BCUT2D eigenvalue weighted by Gasteiger charge is 2.04. The molecule has 0 heterocycles. The first-order valence-corrected chi connectivity index (χ1v) is 9.81. The van der Waals surface area contributed by atoms with Crippen LogP contribution in [0, 0.1) is 13.8 Å². The van der Waals surface area contributed by atoms with Crippen LogP contribution in [0.4, 0.5) is 0 Å². The van der Waals surface area contributed by atoms with Crippen molar-refractivity contribution in [2.45, 2.75) is 20.3 Å². The van der Waals surface area contributed by atoms with Gasteiger partial charge >= 0.3 is 0 Å². The van der Waals surface area contributed by atoms with Crippen LogP contribution < -0.4 is 9.47 Å². The second kappa shape index (κ2) is 8.66. The van der Waals surface area contributed by atoms with Gasteiger partial charge in [-0.25, -0.2) is 0 Å². The van der Waals surface area contributed by atoms with Crippen molar-refractivity contribution in [1.82, 2.24) is 0 Å². The Morgan fingerprint density at radius 2 is 0.862 bits per heavy atom. The molecule has 0 saturated carbocycles. The molecule has 0 bridgehead atoms. The minimum Gasteiger partial charge on any atom is -0.457 e. The van der Waals surface area contributed by atoms with Gasteiger partial charge in [0.05, 0.1) is 0 Å². The summed E-state index contributed by atoms with van der Waals surface area (Å²) in [5.74, 6) is 3.41. The summed E-state index contributed by atoms with van der Waals surface area (Å²) in [7, 11) is 0. The van der Waals surface area contributed by atoms with E-state index in [1.54, 1.807) is 0 Å². The molecule has 29 heavy (non-hydrogen) atoms. The highest BCUT2D eigenvalue weighted by atomic mass is 16.5. The standard InChI is InChI=1S/C27H24O2/c1-20-7-3-11-24(15-20)28-26-13-5-9-22(18-26)17-23-10-6-14-27(19-23)29-25-12-4-8-21(2)16-25/h3-16,18-19H,17H2,1-2H3. The highest BCUT2D eigenvalue weighted by molar-refractivity contribution is 5.40.